The van der Waals surface area contributed by atoms with Crippen LogP contribution in [0.3, 0.4) is 0 Å². The van der Waals surface area contributed by atoms with E-state index in [0.717, 1.165) is 33.5 Å². The van der Waals surface area contributed by atoms with Gasteiger partial charge in [-0.2, -0.15) is 0 Å². The fourth-order valence-corrected chi connectivity index (χ4v) is 13.9. The fraction of sp³-hybridized carbons (Fsp3) is 0.0323. The summed E-state index contributed by atoms with van der Waals surface area (Å²) in [6, 6.07) is 81.4. The second-order valence-corrected chi connectivity index (χ2v) is 18.9. The van der Waals surface area contributed by atoms with E-state index in [1.165, 1.54) is 97.7 Å². The molecule has 15 rings (SSSR count). The first-order valence-electron chi connectivity index (χ1n) is 22.5. The van der Waals surface area contributed by atoms with Crippen molar-refractivity contribution in [1.29, 1.82) is 0 Å². The average molecular weight is 841 g/mol. The first-order valence-corrected chi connectivity index (χ1v) is 23.3. The molecule has 0 bridgehead atoms. The van der Waals surface area contributed by atoms with Gasteiger partial charge in [0.15, 0.2) is 5.82 Å². The van der Waals surface area contributed by atoms with Crippen molar-refractivity contribution < 1.29 is 0 Å². The van der Waals surface area contributed by atoms with Gasteiger partial charge in [-0.05, 0) is 89.7 Å². The first-order chi connectivity index (χ1) is 32.3. The summed E-state index contributed by atoms with van der Waals surface area (Å²) in [6.07, 6.45) is 0. The first kappa shape index (κ1) is 35.5. The van der Waals surface area contributed by atoms with Gasteiger partial charge in [-0.1, -0.05) is 206 Å². The lowest BCUT2D eigenvalue weighted by Crippen LogP contribution is -2.44. The van der Waals surface area contributed by atoms with Crippen LogP contribution in [0.5, 0.6) is 0 Å². The lowest BCUT2D eigenvalue weighted by atomic mass is 9.52. The molecular formula is C62H36N2S. The number of nitrogens with zero attached hydrogens (tertiary/aromatic N) is 2. The third kappa shape index (κ3) is 4.34. The highest BCUT2D eigenvalue weighted by Crippen LogP contribution is 2.69. The van der Waals surface area contributed by atoms with Gasteiger partial charge in [0.1, 0.15) is 0 Å². The fourth-order valence-electron chi connectivity index (χ4n) is 12.6. The minimum absolute atomic E-state index is 0.543. The summed E-state index contributed by atoms with van der Waals surface area (Å²) in [4.78, 5) is 11.3. The Morgan fingerprint density at radius 1 is 0.308 bits per heavy atom. The van der Waals surface area contributed by atoms with Crippen LogP contribution in [0, 0.1) is 0 Å². The zero-order chi connectivity index (χ0) is 42.4. The summed E-state index contributed by atoms with van der Waals surface area (Å²) >= 11 is 1.93. The molecule has 0 N–H and O–H groups in total. The smallest absolute Gasteiger partial charge is 0.160 e. The third-order valence-electron chi connectivity index (χ3n) is 15.0. The van der Waals surface area contributed by atoms with Crippen LogP contribution in [-0.2, 0) is 10.8 Å². The molecule has 3 aliphatic carbocycles. The summed E-state index contributed by atoms with van der Waals surface area (Å²) in [5.41, 5.74) is 18.3. The van der Waals surface area contributed by atoms with Crippen LogP contribution in [0.4, 0.5) is 0 Å². The quantitative estimate of drug-likeness (QED) is 0.173. The molecule has 12 aromatic rings. The van der Waals surface area contributed by atoms with Crippen LogP contribution in [0.25, 0.3) is 86.7 Å². The molecule has 2 heterocycles. The number of para-hydroxylation sites is 1. The molecule has 65 heavy (non-hydrogen) atoms. The number of rotatable bonds is 2. The number of aromatic nitrogens is 2. The summed E-state index contributed by atoms with van der Waals surface area (Å²) < 4.78 is 2.63. The van der Waals surface area contributed by atoms with Gasteiger partial charge in [0.05, 0.1) is 22.0 Å². The standard InChI is InChI=1S/C62H36N2S/c1-2-19-38-37(17-1)18-15-25-44(38)58-46-23-5-13-33-54(46)63-60(64-58)47-26-16-24-42-43-35-36-45-41-22-6-14-34-55(41)65-59(45)57(43)62(56(42)47)52-31-11-9-29-50(52)61(51-30-10-12-32-53(51)62)48-27-7-3-20-39(48)40-21-4-8-28-49(40)61/h1-36H. The van der Waals surface area contributed by atoms with Gasteiger partial charge in [-0.3, -0.25) is 0 Å². The maximum Gasteiger partial charge on any atom is 0.160 e. The second-order valence-electron chi connectivity index (χ2n) is 17.8. The van der Waals surface area contributed by atoms with Gasteiger partial charge in [-0.15, -0.1) is 11.3 Å². The van der Waals surface area contributed by atoms with Crippen molar-refractivity contribution >= 4 is 53.2 Å². The highest BCUT2D eigenvalue weighted by Gasteiger charge is 2.60. The normalized spacial score (nSPS) is 14.4. The Labute approximate surface area is 379 Å². The van der Waals surface area contributed by atoms with Crippen LogP contribution >= 0.6 is 11.3 Å². The van der Waals surface area contributed by atoms with Gasteiger partial charge < -0.3 is 0 Å². The Hall–Kier alpha value is -7.98. The van der Waals surface area contributed by atoms with Crippen molar-refractivity contribution in [3.8, 4) is 44.9 Å². The van der Waals surface area contributed by atoms with Crippen molar-refractivity contribution in [2.75, 3.05) is 0 Å². The van der Waals surface area contributed by atoms with Crippen LogP contribution in [-0.4, -0.2) is 9.97 Å². The monoisotopic (exact) mass is 840 g/mol. The molecule has 2 aromatic heterocycles. The molecule has 10 aromatic carbocycles. The van der Waals surface area contributed by atoms with Gasteiger partial charge in [0, 0.05) is 36.7 Å². The molecule has 2 nitrogen and oxygen atoms in total. The molecule has 0 aliphatic heterocycles. The van der Waals surface area contributed by atoms with Crippen LogP contribution in [0.15, 0.2) is 218 Å². The topological polar surface area (TPSA) is 25.8 Å². The Morgan fingerprint density at radius 2 is 0.815 bits per heavy atom. The molecule has 300 valence electrons. The number of hydrogen-bond donors (Lipinski definition) is 0. The minimum Gasteiger partial charge on any atom is -0.228 e. The van der Waals surface area contributed by atoms with Crippen LogP contribution in [0.2, 0.25) is 0 Å². The van der Waals surface area contributed by atoms with E-state index >= 15 is 0 Å². The highest BCUT2D eigenvalue weighted by molar-refractivity contribution is 7.26. The summed E-state index contributed by atoms with van der Waals surface area (Å²) in [5.74, 6) is 0.732. The predicted octanol–water partition coefficient (Wildman–Crippen LogP) is 15.5. The third-order valence-corrected chi connectivity index (χ3v) is 16.2. The van der Waals surface area contributed by atoms with E-state index in [4.69, 9.17) is 9.97 Å². The van der Waals surface area contributed by atoms with Crippen LogP contribution in [0.1, 0.15) is 44.5 Å². The predicted molar refractivity (Wildman–Crippen MR) is 269 cm³/mol. The number of hydrogen-bond acceptors (Lipinski definition) is 3. The molecule has 0 unspecified atom stereocenters. The SMILES string of the molecule is c1ccc2c(c1)-c1ccccc1C21c2ccccc2C2(c3ccccc31)c1c(-c3nc(-c4cccc5ccccc45)c4ccccc4n3)cccc1-c1ccc3c(sc4ccccc43)c12. The molecule has 2 spiro atoms. The Bertz CT molecular complexity index is 3940. The van der Waals surface area contributed by atoms with Crippen molar-refractivity contribution in [3.05, 3.63) is 263 Å². The van der Waals surface area contributed by atoms with E-state index in [-0.39, 0.29) is 0 Å². The Morgan fingerprint density at radius 3 is 1.55 bits per heavy atom. The summed E-state index contributed by atoms with van der Waals surface area (Å²) in [7, 11) is 0. The summed E-state index contributed by atoms with van der Waals surface area (Å²) in [5, 5.41) is 6.00. The molecule has 0 atom stereocenters. The maximum absolute atomic E-state index is 5.74. The average Bonchev–Trinajstić information content (AvgIpc) is 4.01. The molecule has 0 amide bonds. The van der Waals surface area contributed by atoms with E-state index in [0.29, 0.717) is 0 Å². The zero-order valence-corrected chi connectivity index (χ0v) is 35.9. The van der Waals surface area contributed by atoms with Crippen LogP contribution < -0.4 is 0 Å². The second kappa shape index (κ2) is 12.8. The highest BCUT2D eigenvalue weighted by atomic mass is 32.1. The number of thiophene rings is 1. The molecular weight excluding hydrogens is 805 g/mol. The molecule has 3 heteroatoms. The van der Waals surface area contributed by atoms with E-state index in [9.17, 15) is 0 Å². The molecule has 0 saturated heterocycles. The summed E-state index contributed by atoms with van der Waals surface area (Å²) in [6.45, 7) is 0. The molecule has 3 aliphatic rings. The van der Waals surface area contributed by atoms with Gasteiger partial charge in [0.25, 0.3) is 0 Å². The van der Waals surface area contributed by atoms with Gasteiger partial charge >= 0.3 is 0 Å². The van der Waals surface area contributed by atoms with Gasteiger partial charge in [-0.25, -0.2) is 9.97 Å². The van der Waals surface area contributed by atoms with Crippen molar-refractivity contribution in [2.45, 2.75) is 10.8 Å². The zero-order valence-electron chi connectivity index (χ0n) is 35.1. The lowest BCUT2D eigenvalue weighted by molar-refractivity contribution is 0.636. The van der Waals surface area contributed by atoms with E-state index in [1.54, 1.807) is 0 Å². The largest absolute Gasteiger partial charge is 0.228 e. The van der Waals surface area contributed by atoms with Gasteiger partial charge in [0.2, 0.25) is 0 Å². The lowest BCUT2D eigenvalue weighted by Gasteiger charge is -2.49. The minimum atomic E-state index is -0.735. The van der Waals surface area contributed by atoms with E-state index in [1.807, 2.05) is 11.3 Å². The van der Waals surface area contributed by atoms with E-state index < -0.39 is 10.8 Å². The number of benzene rings is 10. The van der Waals surface area contributed by atoms with E-state index in [2.05, 4.69) is 218 Å². The Balaban J connectivity index is 1.13. The van der Waals surface area contributed by atoms with Crippen molar-refractivity contribution in [1.82, 2.24) is 9.97 Å². The van der Waals surface area contributed by atoms with Crippen molar-refractivity contribution in [2.24, 2.45) is 0 Å². The molecule has 0 fully saturated rings. The van der Waals surface area contributed by atoms with Crippen molar-refractivity contribution in [3.63, 3.8) is 0 Å². The molecule has 0 saturated carbocycles. The Kier molecular flexibility index (Phi) is 7.00. The molecule has 0 radical (unpaired) electrons. The maximum atomic E-state index is 5.74. The number of fused-ring (bicyclic) bond motifs is 22.